The number of ether oxygens (including phenoxy) is 1. The number of nitrogens with zero attached hydrogens (tertiary/aromatic N) is 2. The molecule has 2 fully saturated rings. The molecular formula is C23H26F2N2O4. The summed E-state index contributed by atoms with van der Waals surface area (Å²) in [6, 6.07) is 9.66. The van der Waals surface area contributed by atoms with E-state index in [2.05, 4.69) is 4.74 Å². The van der Waals surface area contributed by atoms with E-state index in [1.807, 2.05) is 17.9 Å². The molecule has 0 bridgehead atoms. The number of amides is 2. The number of furan rings is 1. The molecule has 2 aromatic rings. The number of likely N-dealkylation sites (tertiary alicyclic amines) is 1. The highest BCUT2D eigenvalue weighted by Crippen LogP contribution is 2.37. The minimum Gasteiger partial charge on any atom is -0.467 e. The third kappa shape index (κ3) is 4.73. The van der Waals surface area contributed by atoms with Gasteiger partial charge in [-0.3, -0.25) is 9.59 Å². The average molecular weight is 432 g/mol. The molecule has 2 amide bonds. The second kappa shape index (κ2) is 9.08. The topological polar surface area (TPSA) is 63.0 Å². The number of hydrogen-bond donors (Lipinski definition) is 0. The van der Waals surface area contributed by atoms with Crippen molar-refractivity contribution in [3.05, 3.63) is 54.0 Å². The van der Waals surface area contributed by atoms with Crippen molar-refractivity contribution < 1.29 is 27.5 Å². The molecule has 4 rings (SSSR count). The molecule has 0 radical (unpaired) electrons. The number of alkyl halides is 2. The Labute approximate surface area is 179 Å². The van der Waals surface area contributed by atoms with Gasteiger partial charge in [0, 0.05) is 19.1 Å². The van der Waals surface area contributed by atoms with Gasteiger partial charge in [-0.1, -0.05) is 12.1 Å². The van der Waals surface area contributed by atoms with E-state index in [0.717, 1.165) is 18.6 Å². The van der Waals surface area contributed by atoms with Crippen LogP contribution in [0.5, 0.6) is 5.75 Å². The van der Waals surface area contributed by atoms with Crippen LogP contribution in [-0.2, 0) is 4.79 Å². The number of carbonyl (C=O) groups excluding carboxylic acids is 2. The van der Waals surface area contributed by atoms with Crippen LogP contribution in [0, 0.1) is 5.92 Å². The first-order valence-electron chi connectivity index (χ1n) is 10.6. The molecular weight excluding hydrogens is 406 g/mol. The lowest BCUT2D eigenvalue weighted by Crippen LogP contribution is -2.48. The largest absolute Gasteiger partial charge is 0.467 e. The van der Waals surface area contributed by atoms with E-state index < -0.39 is 12.5 Å². The van der Waals surface area contributed by atoms with Crippen LogP contribution in [0.4, 0.5) is 8.78 Å². The Balaban J connectivity index is 1.49. The van der Waals surface area contributed by atoms with Crippen LogP contribution < -0.4 is 4.74 Å². The number of benzene rings is 1. The third-order valence-corrected chi connectivity index (χ3v) is 5.96. The summed E-state index contributed by atoms with van der Waals surface area (Å²) in [4.78, 5) is 30.0. The fraction of sp³-hybridized carbons (Fsp3) is 0.478. The smallest absolute Gasteiger partial charge is 0.387 e. The second-order valence-electron chi connectivity index (χ2n) is 8.13. The highest BCUT2D eigenvalue weighted by molar-refractivity contribution is 5.97. The molecule has 2 unspecified atom stereocenters. The van der Waals surface area contributed by atoms with Gasteiger partial charge in [-0.25, -0.2) is 0 Å². The zero-order chi connectivity index (χ0) is 22.0. The average Bonchev–Trinajstić information content (AvgIpc) is 3.44. The highest BCUT2D eigenvalue weighted by atomic mass is 19.3. The summed E-state index contributed by atoms with van der Waals surface area (Å²) in [5.41, 5.74) is 0.0823. The first-order valence-corrected chi connectivity index (χ1v) is 10.6. The van der Waals surface area contributed by atoms with Crippen molar-refractivity contribution in [2.24, 2.45) is 5.92 Å². The molecule has 1 aliphatic heterocycles. The number of hydrogen-bond acceptors (Lipinski definition) is 4. The normalized spacial score (nSPS) is 19.9. The van der Waals surface area contributed by atoms with E-state index in [0.29, 0.717) is 19.4 Å². The first kappa shape index (κ1) is 21.3. The summed E-state index contributed by atoms with van der Waals surface area (Å²) >= 11 is 0. The summed E-state index contributed by atoms with van der Waals surface area (Å²) in [6.45, 7) is -0.323. The summed E-state index contributed by atoms with van der Waals surface area (Å²) < 4.78 is 35.5. The molecule has 2 aliphatic rings. The standard InChI is InChI=1S/C23H26F2N2O4/c1-15(19-9-5-13-30-19)27(17-10-11-17)21(28)16-6-4-12-26(14-16)22(29)18-7-2-3-8-20(18)31-23(24)25/h2-3,5,7-9,13,15-17,23H,4,6,10-12,14H2,1H3. The van der Waals surface area contributed by atoms with Crippen molar-refractivity contribution in [3.63, 3.8) is 0 Å². The maximum absolute atomic E-state index is 13.5. The molecule has 31 heavy (non-hydrogen) atoms. The number of para-hydroxylation sites is 1. The lowest BCUT2D eigenvalue weighted by atomic mass is 9.94. The van der Waals surface area contributed by atoms with Crippen LogP contribution in [0.25, 0.3) is 0 Å². The molecule has 1 saturated carbocycles. The van der Waals surface area contributed by atoms with E-state index in [-0.39, 0.29) is 41.8 Å². The fourth-order valence-electron chi connectivity index (χ4n) is 4.29. The molecule has 166 valence electrons. The molecule has 8 heteroatoms. The first-order chi connectivity index (χ1) is 15.0. The minimum absolute atomic E-state index is 0.0148. The number of halogens is 2. The summed E-state index contributed by atoms with van der Waals surface area (Å²) in [6.07, 6.45) is 4.88. The quantitative estimate of drug-likeness (QED) is 0.647. The SMILES string of the molecule is CC(c1ccco1)N(C(=O)C1CCCN(C(=O)c2ccccc2OC(F)F)C1)C1CC1. The Hall–Kier alpha value is -2.90. The Morgan fingerprint density at radius 1 is 1.16 bits per heavy atom. The fourth-order valence-corrected chi connectivity index (χ4v) is 4.29. The third-order valence-electron chi connectivity index (χ3n) is 5.96. The van der Waals surface area contributed by atoms with Crippen molar-refractivity contribution in [3.8, 4) is 5.75 Å². The Kier molecular flexibility index (Phi) is 6.25. The second-order valence-corrected chi connectivity index (χ2v) is 8.13. The predicted octanol–water partition coefficient (Wildman–Crippen LogP) is 4.49. The molecule has 1 saturated heterocycles. The Morgan fingerprint density at radius 3 is 2.61 bits per heavy atom. The van der Waals surface area contributed by atoms with Crippen LogP contribution in [0.15, 0.2) is 47.1 Å². The number of piperidine rings is 1. The van der Waals surface area contributed by atoms with Crippen molar-refractivity contribution in [2.45, 2.75) is 51.3 Å². The van der Waals surface area contributed by atoms with Crippen LogP contribution in [-0.4, -0.2) is 47.4 Å². The van der Waals surface area contributed by atoms with Gasteiger partial charge in [0.05, 0.1) is 23.8 Å². The van der Waals surface area contributed by atoms with Gasteiger partial charge < -0.3 is 19.0 Å². The van der Waals surface area contributed by atoms with Crippen LogP contribution in [0.2, 0.25) is 0 Å². The van der Waals surface area contributed by atoms with E-state index >= 15 is 0 Å². The van der Waals surface area contributed by atoms with E-state index in [1.54, 1.807) is 29.4 Å². The zero-order valence-corrected chi connectivity index (χ0v) is 17.4. The van der Waals surface area contributed by atoms with Crippen molar-refractivity contribution in [2.75, 3.05) is 13.1 Å². The molecule has 1 aliphatic carbocycles. The van der Waals surface area contributed by atoms with Gasteiger partial charge in [-0.05, 0) is 56.9 Å². The Morgan fingerprint density at radius 2 is 1.94 bits per heavy atom. The van der Waals surface area contributed by atoms with Crippen molar-refractivity contribution >= 4 is 11.8 Å². The van der Waals surface area contributed by atoms with Gasteiger partial charge in [-0.15, -0.1) is 0 Å². The maximum Gasteiger partial charge on any atom is 0.387 e. The molecule has 6 nitrogen and oxygen atoms in total. The number of rotatable bonds is 7. The van der Waals surface area contributed by atoms with Crippen LogP contribution in [0.3, 0.4) is 0 Å². The summed E-state index contributed by atoms with van der Waals surface area (Å²) in [7, 11) is 0. The predicted molar refractivity (Wildman–Crippen MR) is 109 cm³/mol. The van der Waals surface area contributed by atoms with Gasteiger partial charge in [0.1, 0.15) is 11.5 Å². The summed E-state index contributed by atoms with van der Waals surface area (Å²) in [5.74, 6) is -0.130. The highest BCUT2D eigenvalue weighted by Gasteiger charge is 2.41. The molecule has 1 aromatic heterocycles. The molecule has 0 N–H and O–H groups in total. The van der Waals surface area contributed by atoms with Gasteiger partial charge in [0.25, 0.3) is 5.91 Å². The monoisotopic (exact) mass is 432 g/mol. The van der Waals surface area contributed by atoms with Gasteiger partial charge in [-0.2, -0.15) is 8.78 Å². The molecule has 2 heterocycles. The minimum atomic E-state index is -3.01. The van der Waals surface area contributed by atoms with E-state index in [4.69, 9.17) is 4.42 Å². The summed E-state index contributed by atoms with van der Waals surface area (Å²) in [5, 5.41) is 0. The van der Waals surface area contributed by atoms with Crippen LogP contribution >= 0.6 is 0 Å². The maximum atomic E-state index is 13.5. The zero-order valence-electron chi connectivity index (χ0n) is 17.4. The molecule has 1 aromatic carbocycles. The van der Waals surface area contributed by atoms with E-state index in [9.17, 15) is 18.4 Å². The number of carbonyl (C=O) groups is 2. The van der Waals surface area contributed by atoms with Gasteiger partial charge in [0.15, 0.2) is 0 Å². The molecule has 2 atom stereocenters. The van der Waals surface area contributed by atoms with Gasteiger partial charge in [0.2, 0.25) is 5.91 Å². The van der Waals surface area contributed by atoms with Gasteiger partial charge >= 0.3 is 6.61 Å². The molecule has 0 spiro atoms. The van der Waals surface area contributed by atoms with Crippen molar-refractivity contribution in [1.29, 1.82) is 0 Å². The van der Waals surface area contributed by atoms with E-state index in [1.165, 1.54) is 12.1 Å². The van der Waals surface area contributed by atoms with Crippen molar-refractivity contribution in [1.82, 2.24) is 9.80 Å². The lowest BCUT2D eigenvalue weighted by Gasteiger charge is -2.37. The van der Waals surface area contributed by atoms with Crippen LogP contribution in [0.1, 0.15) is 54.8 Å². The Bertz CT molecular complexity index is 914. The lowest BCUT2D eigenvalue weighted by molar-refractivity contribution is -0.140.